The summed E-state index contributed by atoms with van der Waals surface area (Å²) in [6.45, 7) is 8.52. The van der Waals surface area contributed by atoms with Crippen LogP contribution in [0.1, 0.15) is 97.2 Å². The normalized spacial score (nSPS) is 18.0. The highest BCUT2D eigenvalue weighted by Gasteiger charge is 2.42. The summed E-state index contributed by atoms with van der Waals surface area (Å²) in [5.74, 6) is -2.52. The molecule has 1 aromatic carbocycles. The zero-order chi connectivity index (χ0) is 40.3. The number of benzene rings is 1. The molecule has 2 fully saturated rings. The van der Waals surface area contributed by atoms with E-state index in [4.69, 9.17) is 9.47 Å². The smallest absolute Gasteiger partial charge is 0.408 e. The molecule has 0 unspecified atom stereocenters. The van der Waals surface area contributed by atoms with Gasteiger partial charge in [0.2, 0.25) is 23.6 Å². The highest BCUT2D eigenvalue weighted by molar-refractivity contribution is 5.97. The zero-order valence-corrected chi connectivity index (χ0v) is 33.3. The third kappa shape index (κ3) is 12.5. The SMILES string of the molecule is COC(=O)[C@H](Cc1ccccc1)NC(=O)[C@H](CC1CCCCC1)NC(=O)C(C)(C)NC(=O)[C@H]1CCCN1C(=O)[C@H](Cc1cncn1C)NC(=O)OC(C)(C)C. The van der Waals surface area contributed by atoms with Gasteiger partial charge in [-0.1, -0.05) is 62.4 Å². The van der Waals surface area contributed by atoms with Crippen molar-refractivity contribution in [3.8, 4) is 0 Å². The quantitative estimate of drug-likeness (QED) is 0.198. The average molecular weight is 766 g/mol. The second-order valence-electron chi connectivity index (χ2n) is 16.2. The lowest BCUT2D eigenvalue weighted by Crippen LogP contribution is -2.62. The summed E-state index contributed by atoms with van der Waals surface area (Å²) in [6.07, 6.45) is 9.01. The van der Waals surface area contributed by atoms with E-state index in [1.807, 2.05) is 30.3 Å². The maximum absolute atomic E-state index is 14.1. The number of alkyl carbamates (subject to hydrolysis) is 1. The number of imidazole rings is 1. The predicted octanol–water partition coefficient (Wildman–Crippen LogP) is 3.10. The number of rotatable bonds is 15. The van der Waals surface area contributed by atoms with Gasteiger partial charge < -0.3 is 40.2 Å². The van der Waals surface area contributed by atoms with Gasteiger partial charge in [-0.2, -0.15) is 0 Å². The molecule has 1 saturated carbocycles. The topological polar surface area (TPSA) is 190 Å². The Balaban J connectivity index is 1.48. The number of carbonyl (C=O) groups excluding carboxylic acids is 6. The van der Waals surface area contributed by atoms with Gasteiger partial charge >= 0.3 is 12.1 Å². The van der Waals surface area contributed by atoms with Crippen LogP contribution < -0.4 is 21.3 Å². The monoisotopic (exact) mass is 765 g/mol. The van der Waals surface area contributed by atoms with E-state index in [-0.39, 0.29) is 25.3 Å². The summed E-state index contributed by atoms with van der Waals surface area (Å²) in [7, 11) is 3.04. The number of aromatic nitrogens is 2. The highest BCUT2D eigenvalue weighted by atomic mass is 16.6. The van der Waals surface area contributed by atoms with Gasteiger partial charge in [-0.15, -0.1) is 0 Å². The number of amides is 5. The van der Waals surface area contributed by atoms with Crippen LogP contribution in [0.15, 0.2) is 42.9 Å². The Bertz CT molecular complexity index is 1650. The highest BCUT2D eigenvalue weighted by Crippen LogP contribution is 2.28. The number of aryl methyl sites for hydroxylation is 1. The summed E-state index contributed by atoms with van der Waals surface area (Å²) in [5, 5.41) is 11.2. The summed E-state index contributed by atoms with van der Waals surface area (Å²) < 4.78 is 12.2. The molecule has 2 aromatic rings. The molecule has 1 aromatic heterocycles. The van der Waals surface area contributed by atoms with Gasteiger partial charge in [0.1, 0.15) is 35.3 Å². The number of ether oxygens (including phenoxy) is 2. The van der Waals surface area contributed by atoms with Crippen molar-refractivity contribution in [3.05, 3.63) is 54.1 Å². The number of nitrogens with zero attached hydrogens (tertiary/aromatic N) is 3. The van der Waals surface area contributed by atoms with E-state index in [1.54, 1.807) is 58.8 Å². The van der Waals surface area contributed by atoms with E-state index in [9.17, 15) is 28.8 Å². The van der Waals surface area contributed by atoms with Crippen molar-refractivity contribution < 1.29 is 38.2 Å². The van der Waals surface area contributed by atoms with Crippen molar-refractivity contribution in [1.82, 2.24) is 35.7 Å². The maximum Gasteiger partial charge on any atom is 0.408 e. The largest absolute Gasteiger partial charge is 0.467 e. The lowest BCUT2D eigenvalue weighted by atomic mass is 9.84. The number of hydrogen-bond donors (Lipinski definition) is 4. The summed E-state index contributed by atoms with van der Waals surface area (Å²) in [5.41, 5.74) is -0.766. The molecule has 0 bridgehead atoms. The Labute approximate surface area is 324 Å². The Hall–Kier alpha value is -4.95. The van der Waals surface area contributed by atoms with Gasteiger partial charge in [0.05, 0.1) is 13.4 Å². The zero-order valence-electron chi connectivity index (χ0n) is 33.3. The van der Waals surface area contributed by atoms with Gasteiger partial charge in [-0.25, -0.2) is 14.6 Å². The van der Waals surface area contributed by atoms with Gasteiger partial charge in [0.15, 0.2) is 0 Å². The van der Waals surface area contributed by atoms with Crippen LogP contribution in [0.25, 0.3) is 0 Å². The molecular formula is C40H59N7O8. The molecule has 55 heavy (non-hydrogen) atoms. The lowest BCUT2D eigenvalue weighted by Gasteiger charge is -2.33. The second kappa shape index (κ2) is 19.1. The first-order chi connectivity index (χ1) is 26.0. The van der Waals surface area contributed by atoms with Crippen molar-refractivity contribution in [1.29, 1.82) is 0 Å². The summed E-state index contributed by atoms with van der Waals surface area (Å²) in [6, 6.07) is 5.34. The maximum atomic E-state index is 14.1. The van der Waals surface area contributed by atoms with Crippen molar-refractivity contribution >= 4 is 35.7 Å². The van der Waals surface area contributed by atoms with Crippen LogP contribution in [0.4, 0.5) is 4.79 Å². The van der Waals surface area contributed by atoms with E-state index in [0.717, 1.165) is 37.7 Å². The van der Waals surface area contributed by atoms with Crippen LogP contribution in [0.3, 0.4) is 0 Å². The van der Waals surface area contributed by atoms with Crippen LogP contribution in [-0.4, -0.2) is 99.1 Å². The minimum absolute atomic E-state index is 0.111. The number of nitrogens with one attached hydrogen (secondary N) is 4. The van der Waals surface area contributed by atoms with Gasteiger partial charge in [-0.3, -0.25) is 19.2 Å². The molecule has 4 N–H and O–H groups in total. The fourth-order valence-corrected chi connectivity index (χ4v) is 7.18. The number of hydrogen-bond acceptors (Lipinski definition) is 9. The van der Waals surface area contributed by atoms with Crippen LogP contribution in [0, 0.1) is 5.92 Å². The van der Waals surface area contributed by atoms with Crippen molar-refractivity contribution in [3.63, 3.8) is 0 Å². The minimum Gasteiger partial charge on any atom is -0.467 e. The lowest BCUT2D eigenvalue weighted by molar-refractivity contribution is -0.145. The molecule has 4 rings (SSSR count). The molecule has 2 heterocycles. The van der Waals surface area contributed by atoms with E-state index in [2.05, 4.69) is 26.3 Å². The second-order valence-corrected chi connectivity index (χ2v) is 16.2. The van der Waals surface area contributed by atoms with Crippen LogP contribution in [-0.2, 0) is 53.3 Å². The van der Waals surface area contributed by atoms with Gasteiger partial charge in [-0.05, 0) is 65.4 Å². The fourth-order valence-electron chi connectivity index (χ4n) is 7.18. The first-order valence-corrected chi connectivity index (χ1v) is 19.3. The first kappa shape index (κ1) is 42.8. The van der Waals surface area contributed by atoms with Crippen molar-refractivity contribution in [2.75, 3.05) is 13.7 Å². The van der Waals surface area contributed by atoms with Gasteiger partial charge in [0, 0.05) is 38.3 Å². The fraction of sp³-hybridized carbons (Fsp3) is 0.625. The van der Waals surface area contributed by atoms with E-state index in [1.165, 1.54) is 12.0 Å². The standard InChI is InChI=1S/C40H59N7O8/c1-39(2,3)55-38(53)44-30(23-28-24-41-25-46(28)6)35(50)47-20-14-19-32(47)34(49)45-40(4,5)37(52)43-29(21-26-15-10-8-11-16-26)33(48)42-31(36(51)54-7)22-27-17-12-9-13-18-27/h9,12-13,17-18,24-26,29-32H,8,10-11,14-16,19-23H2,1-7H3,(H,42,48)(H,43,52)(H,44,53)(H,45,49)/t29-,30-,31-,32+/m0/s1. The predicted molar refractivity (Wildman–Crippen MR) is 204 cm³/mol. The van der Waals surface area contributed by atoms with E-state index in [0.29, 0.717) is 25.0 Å². The molecule has 2 aliphatic rings. The molecule has 15 heteroatoms. The van der Waals surface area contributed by atoms with Crippen molar-refractivity contribution in [2.24, 2.45) is 13.0 Å². The minimum atomic E-state index is -1.49. The molecule has 4 atom stereocenters. The molecule has 5 amide bonds. The van der Waals surface area contributed by atoms with Crippen LogP contribution in [0.2, 0.25) is 0 Å². The molecule has 302 valence electrons. The molecule has 0 spiro atoms. The Morgan fingerprint density at radius 1 is 0.855 bits per heavy atom. The Morgan fingerprint density at radius 3 is 2.16 bits per heavy atom. The first-order valence-electron chi connectivity index (χ1n) is 19.3. The molecule has 0 radical (unpaired) electrons. The molecule has 15 nitrogen and oxygen atoms in total. The number of likely N-dealkylation sites (tertiary alicyclic amines) is 1. The molecule has 1 saturated heterocycles. The number of methoxy groups -OCH3 is 1. The number of carbonyl (C=O) groups is 6. The Kier molecular flexibility index (Phi) is 14.8. The third-order valence-corrected chi connectivity index (χ3v) is 10.2. The van der Waals surface area contributed by atoms with E-state index >= 15 is 0 Å². The number of esters is 1. The van der Waals surface area contributed by atoms with E-state index < -0.39 is 71.0 Å². The molecule has 1 aliphatic carbocycles. The van der Waals surface area contributed by atoms with Crippen molar-refractivity contribution in [2.45, 2.75) is 134 Å². The molecule has 1 aliphatic heterocycles. The Morgan fingerprint density at radius 2 is 1.55 bits per heavy atom. The average Bonchev–Trinajstić information content (AvgIpc) is 3.79. The molecular weight excluding hydrogens is 706 g/mol. The van der Waals surface area contributed by atoms with Gasteiger partial charge in [0.25, 0.3) is 0 Å². The summed E-state index contributed by atoms with van der Waals surface area (Å²) >= 11 is 0. The van der Waals surface area contributed by atoms with Crippen LogP contribution in [0.5, 0.6) is 0 Å². The van der Waals surface area contributed by atoms with Crippen LogP contribution >= 0.6 is 0 Å². The third-order valence-electron chi connectivity index (χ3n) is 10.2. The summed E-state index contributed by atoms with van der Waals surface area (Å²) in [4.78, 5) is 87.0.